The van der Waals surface area contributed by atoms with Crippen LogP contribution in [0.4, 0.5) is 17.1 Å². The van der Waals surface area contributed by atoms with Gasteiger partial charge in [0, 0.05) is 22.2 Å². The number of furan rings is 1. The number of anilines is 3. The van der Waals surface area contributed by atoms with Crippen LogP contribution in [0, 0.1) is 0 Å². The SMILES string of the molecule is c1ccc(-c2cccc(-c3ccc(N(c4ccccc4-c4ccc5ccccc5c4)c4ccc(-c5ccc6ccccc6c5)c5oc6ccccc6c45)cc3)c2)cc1. The van der Waals surface area contributed by atoms with Crippen LogP contribution in [0.3, 0.4) is 0 Å². The van der Waals surface area contributed by atoms with Crippen molar-refractivity contribution in [3.8, 4) is 44.5 Å². The summed E-state index contributed by atoms with van der Waals surface area (Å²) in [5, 5.41) is 7.02. The number of fused-ring (bicyclic) bond motifs is 5. The summed E-state index contributed by atoms with van der Waals surface area (Å²) < 4.78 is 6.87. The topological polar surface area (TPSA) is 16.4 Å². The van der Waals surface area contributed by atoms with Crippen molar-refractivity contribution < 1.29 is 4.42 Å². The smallest absolute Gasteiger partial charge is 0.145 e. The van der Waals surface area contributed by atoms with Crippen LogP contribution < -0.4 is 4.90 Å². The van der Waals surface area contributed by atoms with Gasteiger partial charge in [-0.15, -0.1) is 0 Å². The van der Waals surface area contributed by atoms with Crippen molar-refractivity contribution in [3.63, 3.8) is 0 Å². The van der Waals surface area contributed by atoms with Crippen molar-refractivity contribution in [2.45, 2.75) is 0 Å². The van der Waals surface area contributed by atoms with Crippen molar-refractivity contribution in [3.05, 3.63) is 224 Å². The maximum atomic E-state index is 6.87. The van der Waals surface area contributed by atoms with Crippen molar-refractivity contribution in [1.82, 2.24) is 0 Å². The molecule has 11 rings (SSSR count). The normalized spacial score (nSPS) is 11.4. The van der Waals surface area contributed by atoms with Crippen molar-refractivity contribution in [2.75, 3.05) is 4.90 Å². The van der Waals surface area contributed by atoms with E-state index in [9.17, 15) is 0 Å². The highest BCUT2D eigenvalue weighted by molar-refractivity contribution is 6.17. The predicted molar refractivity (Wildman–Crippen MR) is 245 cm³/mol. The number of hydrogen-bond donors (Lipinski definition) is 0. The second-order valence-electron chi connectivity index (χ2n) is 14.9. The fraction of sp³-hybridized carbons (Fsp3) is 0. The maximum Gasteiger partial charge on any atom is 0.145 e. The molecule has 10 aromatic carbocycles. The molecule has 0 saturated carbocycles. The van der Waals surface area contributed by atoms with Crippen LogP contribution in [-0.4, -0.2) is 0 Å². The van der Waals surface area contributed by atoms with Gasteiger partial charge in [-0.25, -0.2) is 0 Å². The van der Waals surface area contributed by atoms with Crippen molar-refractivity contribution in [2.24, 2.45) is 0 Å². The maximum absolute atomic E-state index is 6.87. The Kier molecular flexibility index (Phi) is 8.19. The first-order valence-corrected chi connectivity index (χ1v) is 19.8. The van der Waals surface area contributed by atoms with Crippen molar-refractivity contribution >= 4 is 60.5 Å². The zero-order valence-electron chi connectivity index (χ0n) is 31.7. The Bertz CT molecular complexity index is 3290. The zero-order chi connectivity index (χ0) is 38.4. The molecule has 0 saturated heterocycles. The van der Waals surface area contributed by atoms with Gasteiger partial charge in [0.2, 0.25) is 0 Å². The van der Waals surface area contributed by atoms with E-state index in [0.717, 1.165) is 66.8 Å². The van der Waals surface area contributed by atoms with Gasteiger partial charge in [0.25, 0.3) is 0 Å². The number of rotatable bonds is 7. The Morgan fingerprint density at radius 2 is 0.862 bits per heavy atom. The molecule has 0 atom stereocenters. The second kappa shape index (κ2) is 14.1. The third kappa shape index (κ3) is 5.91. The monoisotopic (exact) mass is 739 g/mol. The average Bonchev–Trinajstić information content (AvgIpc) is 3.70. The van der Waals surface area contributed by atoms with Gasteiger partial charge >= 0.3 is 0 Å². The van der Waals surface area contributed by atoms with Gasteiger partial charge in [0.15, 0.2) is 0 Å². The van der Waals surface area contributed by atoms with Crippen LogP contribution in [-0.2, 0) is 0 Å². The van der Waals surface area contributed by atoms with E-state index in [4.69, 9.17) is 4.42 Å². The molecular formula is C56H37NO. The molecule has 0 spiro atoms. The van der Waals surface area contributed by atoms with Crippen LogP contribution in [0.1, 0.15) is 0 Å². The molecule has 1 aromatic heterocycles. The van der Waals surface area contributed by atoms with E-state index in [0.29, 0.717) is 0 Å². The first kappa shape index (κ1) is 33.6. The number of hydrogen-bond acceptors (Lipinski definition) is 2. The first-order chi connectivity index (χ1) is 28.7. The van der Waals surface area contributed by atoms with Crippen molar-refractivity contribution in [1.29, 1.82) is 0 Å². The van der Waals surface area contributed by atoms with Gasteiger partial charge in [-0.05, 0) is 110 Å². The number of nitrogens with zero attached hydrogens (tertiary/aromatic N) is 1. The summed E-state index contributed by atoms with van der Waals surface area (Å²) in [6.45, 7) is 0. The number of para-hydroxylation sites is 2. The molecule has 0 amide bonds. The Morgan fingerprint density at radius 3 is 1.59 bits per heavy atom. The second-order valence-corrected chi connectivity index (χ2v) is 14.9. The van der Waals surface area contributed by atoms with E-state index in [1.165, 1.54) is 38.2 Å². The van der Waals surface area contributed by atoms with Crippen LogP contribution in [0.15, 0.2) is 229 Å². The lowest BCUT2D eigenvalue weighted by atomic mass is 9.96. The van der Waals surface area contributed by atoms with Crippen LogP contribution in [0.25, 0.3) is 88.0 Å². The fourth-order valence-electron chi connectivity index (χ4n) is 8.57. The van der Waals surface area contributed by atoms with E-state index >= 15 is 0 Å². The zero-order valence-corrected chi connectivity index (χ0v) is 31.7. The third-order valence-corrected chi connectivity index (χ3v) is 11.4. The molecule has 0 bridgehead atoms. The van der Waals surface area contributed by atoms with Crippen LogP contribution in [0.5, 0.6) is 0 Å². The molecule has 11 aromatic rings. The van der Waals surface area contributed by atoms with Gasteiger partial charge in [-0.1, -0.05) is 170 Å². The summed E-state index contributed by atoms with van der Waals surface area (Å²) in [7, 11) is 0. The molecule has 0 radical (unpaired) electrons. The van der Waals surface area contributed by atoms with E-state index in [2.05, 4.69) is 229 Å². The summed E-state index contributed by atoms with van der Waals surface area (Å²) in [6, 6.07) is 80.7. The molecule has 272 valence electrons. The van der Waals surface area contributed by atoms with Gasteiger partial charge in [0.1, 0.15) is 11.2 Å². The third-order valence-electron chi connectivity index (χ3n) is 11.4. The minimum Gasteiger partial charge on any atom is -0.455 e. The first-order valence-electron chi connectivity index (χ1n) is 19.8. The summed E-state index contributed by atoms with van der Waals surface area (Å²) >= 11 is 0. The fourth-order valence-corrected chi connectivity index (χ4v) is 8.57. The molecule has 0 fully saturated rings. The highest BCUT2D eigenvalue weighted by Crippen LogP contribution is 2.48. The Balaban J connectivity index is 1.13. The van der Waals surface area contributed by atoms with E-state index in [1.807, 2.05) is 0 Å². The minimum atomic E-state index is 0.864. The van der Waals surface area contributed by atoms with E-state index in [-0.39, 0.29) is 0 Å². The molecule has 2 nitrogen and oxygen atoms in total. The molecule has 0 aliphatic rings. The summed E-state index contributed by atoms with van der Waals surface area (Å²) in [6.07, 6.45) is 0. The summed E-state index contributed by atoms with van der Waals surface area (Å²) in [4.78, 5) is 2.42. The predicted octanol–water partition coefficient (Wildman–Crippen LogP) is 16.0. The number of benzene rings is 10. The van der Waals surface area contributed by atoms with Gasteiger partial charge in [0.05, 0.1) is 16.8 Å². The molecule has 0 aliphatic heterocycles. The van der Waals surface area contributed by atoms with E-state index in [1.54, 1.807) is 0 Å². The highest BCUT2D eigenvalue weighted by Gasteiger charge is 2.24. The Morgan fingerprint density at radius 1 is 0.310 bits per heavy atom. The summed E-state index contributed by atoms with van der Waals surface area (Å²) in [5.74, 6) is 0. The van der Waals surface area contributed by atoms with Crippen LogP contribution >= 0.6 is 0 Å². The molecular weight excluding hydrogens is 703 g/mol. The van der Waals surface area contributed by atoms with Gasteiger partial charge in [-0.2, -0.15) is 0 Å². The van der Waals surface area contributed by atoms with Gasteiger partial charge < -0.3 is 9.32 Å². The molecule has 0 N–H and O–H groups in total. The van der Waals surface area contributed by atoms with Gasteiger partial charge in [-0.3, -0.25) is 0 Å². The molecule has 58 heavy (non-hydrogen) atoms. The lowest BCUT2D eigenvalue weighted by molar-refractivity contribution is 0.670. The Hall–Kier alpha value is -7.68. The minimum absolute atomic E-state index is 0.864. The largest absolute Gasteiger partial charge is 0.455 e. The average molecular weight is 740 g/mol. The Labute approximate surface area is 337 Å². The highest BCUT2D eigenvalue weighted by atomic mass is 16.3. The summed E-state index contributed by atoms with van der Waals surface area (Å²) in [5.41, 5.74) is 14.2. The lowest BCUT2D eigenvalue weighted by Crippen LogP contribution is -2.11. The lowest BCUT2D eigenvalue weighted by Gasteiger charge is -2.29. The molecule has 2 heteroatoms. The van der Waals surface area contributed by atoms with Crippen LogP contribution in [0.2, 0.25) is 0 Å². The standard InChI is InChI=1S/C56H37NO/c1-2-13-38(14-3-1)44-19-12-20-45(35-44)41-29-31-48(32-30-41)57(52-23-10-8-21-49(52)46-27-25-39-15-4-6-17-42(39)36-46)53-34-33-50(47-28-26-40-16-5-7-18-43(40)37-47)56-55(53)51-22-9-11-24-54(51)58-56/h1-37H. The molecule has 0 aliphatic carbocycles. The molecule has 0 unspecified atom stereocenters. The van der Waals surface area contributed by atoms with E-state index < -0.39 is 0 Å². The molecule has 1 heterocycles. The quantitative estimate of drug-likeness (QED) is 0.162.